The summed E-state index contributed by atoms with van der Waals surface area (Å²) in [6, 6.07) is 0.102. The maximum atomic E-state index is 12.3. The summed E-state index contributed by atoms with van der Waals surface area (Å²) in [5.74, 6) is -2.08. The van der Waals surface area contributed by atoms with Crippen LogP contribution >= 0.6 is 0 Å². The van der Waals surface area contributed by atoms with Crippen LogP contribution in [0.4, 0.5) is 8.78 Å². The lowest BCUT2D eigenvalue weighted by molar-refractivity contribution is -0.00506. The molecular formula is C6H9F2N. The van der Waals surface area contributed by atoms with Crippen molar-refractivity contribution in [1.29, 1.82) is 0 Å². The van der Waals surface area contributed by atoms with Crippen LogP contribution in [0.1, 0.15) is 12.8 Å². The van der Waals surface area contributed by atoms with Crippen LogP contribution in [-0.2, 0) is 0 Å². The number of hydrogen-bond acceptors (Lipinski definition) is 1. The second-order valence-corrected chi connectivity index (χ2v) is 3.17. The highest BCUT2D eigenvalue weighted by molar-refractivity contribution is 5.09. The Hall–Kier alpha value is -0.180. The van der Waals surface area contributed by atoms with Crippen LogP contribution in [-0.4, -0.2) is 12.0 Å². The van der Waals surface area contributed by atoms with Gasteiger partial charge in [-0.2, -0.15) is 0 Å². The minimum absolute atomic E-state index is 0.0405. The van der Waals surface area contributed by atoms with Crippen molar-refractivity contribution >= 4 is 0 Å². The maximum Gasteiger partial charge on any atom is 0.248 e. The third kappa shape index (κ3) is 0.674. The first kappa shape index (κ1) is 5.59. The highest BCUT2D eigenvalue weighted by Crippen LogP contribution is 2.56. The monoisotopic (exact) mass is 133 g/mol. The zero-order valence-corrected chi connectivity index (χ0v) is 4.98. The molecule has 2 saturated carbocycles. The van der Waals surface area contributed by atoms with Gasteiger partial charge in [0, 0.05) is 18.9 Å². The van der Waals surface area contributed by atoms with Gasteiger partial charge in [-0.3, -0.25) is 0 Å². The fraction of sp³-hybridized carbons (Fsp3) is 1.00. The molecule has 3 heteroatoms. The highest BCUT2D eigenvalue weighted by Gasteiger charge is 2.61. The summed E-state index contributed by atoms with van der Waals surface area (Å²) in [6.07, 6.45) is 0.0810. The molecule has 0 bridgehead atoms. The van der Waals surface area contributed by atoms with Crippen molar-refractivity contribution in [2.75, 3.05) is 0 Å². The predicted molar refractivity (Wildman–Crippen MR) is 29.1 cm³/mol. The minimum Gasteiger partial charge on any atom is -0.327 e. The number of hydrogen-bond donors (Lipinski definition) is 1. The topological polar surface area (TPSA) is 26.0 Å². The zero-order valence-electron chi connectivity index (χ0n) is 4.98. The van der Waals surface area contributed by atoms with Crippen LogP contribution in [0.3, 0.4) is 0 Å². The summed E-state index contributed by atoms with van der Waals surface area (Å²) in [4.78, 5) is 0. The Morgan fingerprint density at radius 1 is 1.22 bits per heavy atom. The van der Waals surface area contributed by atoms with E-state index < -0.39 is 5.92 Å². The molecular weight excluding hydrogens is 124 g/mol. The molecule has 9 heavy (non-hydrogen) atoms. The third-order valence-electron chi connectivity index (χ3n) is 2.47. The Morgan fingerprint density at radius 3 is 2.00 bits per heavy atom. The molecule has 0 radical (unpaired) electrons. The van der Waals surface area contributed by atoms with E-state index in [1.165, 1.54) is 0 Å². The van der Waals surface area contributed by atoms with Crippen molar-refractivity contribution in [3.63, 3.8) is 0 Å². The quantitative estimate of drug-likeness (QED) is 0.524. The normalized spacial score (nSPS) is 53.0. The van der Waals surface area contributed by atoms with Crippen molar-refractivity contribution in [2.24, 2.45) is 17.6 Å². The average molecular weight is 133 g/mol. The number of fused-ring (bicyclic) bond motifs is 1. The minimum atomic E-state index is -2.38. The maximum absolute atomic E-state index is 12.3. The number of halogens is 2. The van der Waals surface area contributed by atoms with Crippen LogP contribution in [0, 0.1) is 11.8 Å². The van der Waals surface area contributed by atoms with Crippen molar-refractivity contribution < 1.29 is 8.78 Å². The van der Waals surface area contributed by atoms with Crippen LogP contribution in [0.15, 0.2) is 0 Å². The standard InChI is InChI=1S/C6H9F2N/c7-6(8)1-3-4(2-6)5(3)9/h3-5H,1-2,9H2/t3-,4+,5?. The molecule has 0 saturated heterocycles. The molecule has 3 atom stereocenters. The van der Waals surface area contributed by atoms with E-state index in [-0.39, 0.29) is 30.7 Å². The van der Waals surface area contributed by atoms with E-state index >= 15 is 0 Å². The van der Waals surface area contributed by atoms with Gasteiger partial charge >= 0.3 is 0 Å². The molecule has 0 spiro atoms. The molecule has 1 nitrogen and oxygen atoms in total. The lowest BCUT2D eigenvalue weighted by atomic mass is 10.2. The van der Waals surface area contributed by atoms with Gasteiger partial charge in [0.05, 0.1) is 0 Å². The Labute approximate surface area is 52.2 Å². The Kier molecular flexibility index (Phi) is 0.799. The summed E-state index contributed by atoms with van der Waals surface area (Å²) < 4.78 is 24.7. The third-order valence-corrected chi connectivity index (χ3v) is 2.47. The highest BCUT2D eigenvalue weighted by atomic mass is 19.3. The molecule has 0 aliphatic heterocycles. The summed E-state index contributed by atoms with van der Waals surface area (Å²) in [6.45, 7) is 0. The molecule has 0 aromatic carbocycles. The van der Waals surface area contributed by atoms with E-state index in [2.05, 4.69) is 0 Å². The largest absolute Gasteiger partial charge is 0.327 e. The average Bonchev–Trinajstić information content (AvgIpc) is 2.26. The first-order valence-electron chi connectivity index (χ1n) is 3.23. The van der Waals surface area contributed by atoms with Gasteiger partial charge in [-0.05, 0) is 11.8 Å². The summed E-state index contributed by atoms with van der Waals surface area (Å²) in [5.41, 5.74) is 5.46. The molecule has 1 unspecified atom stereocenters. The van der Waals surface area contributed by atoms with Gasteiger partial charge in [0.25, 0.3) is 0 Å². The van der Waals surface area contributed by atoms with Gasteiger partial charge in [-0.1, -0.05) is 0 Å². The zero-order chi connectivity index (χ0) is 6.65. The molecule has 0 heterocycles. The molecule has 0 amide bonds. The van der Waals surface area contributed by atoms with Gasteiger partial charge in [-0.15, -0.1) is 0 Å². The van der Waals surface area contributed by atoms with Gasteiger partial charge < -0.3 is 5.73 Å². The number of rotatable bonds is 0. The van der Waals surface area contributed by atoms with E-state index in [9.17, 15) is 8.78 Å². The van der Waals surface area contributed by atoms with Crippen LogP contribution in [0.25, 0.3) is 0 Å². The summed E-state index contributed by atoms with van der Waals surface area (Å²) in [7, 11) is 0. The van der Waals surface area contributed by atoms with Crippen LogP contribution in [0.5, 0.6) is 0 Å². The van der Waals surface area contributed by atoms with Crippen molar-refractivity contribution in [3.8, 4) is 0 Å². The van der Waals surface area contributed by atoms with Gasteiger partial charge in [0.1, 0.15) is 0 Å². The molecule has 0 aromatic heterocycles. The van der Waals surface area contributed by atoms with Gasteiger partial charge in [0.2, 0.25) is 5.92 Å². The SMILES string of the molecule is NC1[C@H]2CC(F)(F)C[C@@H]12. The second kappa shape index (κ2) is 1.29. The summed E-state index contributed by atoms with van der Waals surface area (Å²) in [5, 5.41) is 0. The number of alkyl halides is 2. The number of nitrogens with two attached hydrogens (primary N) is 1. The first-order valence-corrected chi connectivity index (χ1v) is 3.23. The Bertz CT molecular complexity index is 132. The van der Waals surface area contributed by atoms with Gasteiger partial charge in [0.15, 0.2) is 0 Å². The fourth-order valence-corrected chi connectivity index (χ4v) is 1.82. The molecule has 2 fully saturated rings. The molecule has 2 aliphatic rings. The lowest BCUT2D eigenvalue weighted by Gasteiger charge is -2.10. The van der Waals surface area contributed by atoms with E-state index in [4.69, 9.17) is 5.73 Å². The van der Waals surface area contributed by atoms with Crippen molar-refractivity contribution in [1.82, 2.24) is 0 Å². The predicted octanol–water partition coefficient (Wildman–Crippen LogP) is 0.989. The van der Waals surface area contributed by atoms with Crippen molar-refractivity contribution in [3.05, 3.63) is 0 Å². The first-order chi connectivity index (χ1) is 4.10. The van der Waals surface area contributed by atoms with Crippen LogP contribution in [0.2, 0.25) is 0 Å². The lowest BCUT2D eigenvalue weighted by Crippen LogP contribution is -2.19. The van der Waals surface area contributed by atoms with E-state index in [1.807, 2.05) is 0 Å². The molecule has 2 N–H and O–H groups in total. The van der Waals surface area contributed by atoms with Crippen molar-refractivity contribution in [2.45, 2.75) is 24.8 Å². The fourth-order valence-electron chi connectivity index (χ4n) is 1.82. The second-order valence-electron chi connectivity index (χ2n) is 3.17. The van der Waals surface area contributed by atoms with Crippen LogP contribution < -0.4 is 5.73 Å². The van der Waals surface area contributed by atoms with E-state index in [0.29, 0.717) is 0 Å². The smallest absolute Gasteiger partial charge is 0.248 e. The molecule has 0 aromatic rings. The molecule has 52 valence electrons. The van der Waals surface area contributed by atoms with Gasteiger partial charge in [-0.25, -0.2) is 8.78 Å². The molecule has 2 aliphatic carbocycles. The van der Waals surface area contributed by atoms with E-state index in [1.54, 1.807) is 0 Å². The Morgan fingerprint density at radius 2 is 1.67 bits per heavy atom. The Balaban J connectivity index is 2.04. The summed E-state index contributed by atoms with van der Waals surface area (Å²) >= 11 is 0. The van der Waals surface area contributed by atoms with E-state index in [0.717, 1.165) is 0 Å². The molecule has 2 rings (SSSR count).